The van der Waals surface area contributed by atoms with Crippen LogP contribution in [0.2, 0.25) is 0 Å². The Labute approximate surface area is 281 Å². The van der Waals surface area contributed by atoms with Crippen molar-refractivity contribution < 1.29 is 24.0 Å². The van der Waals surface area contributed by atoms with Crippen molar-refractivity contribution in [3.05, 3.63) is 96.6 Å². The predicted molar refractivity (Wildman–Crippen MR) is 191 cm³/mol. The first-order valence-corrected chi connectivity index (χ1v) is 17.8. The summed E-state index contributed by atoms with van der Waals surface area (Å²) in [6.45, 7) is 9.35. The van der Waals surface area contributed by atoms with Crippen LogP contribution in [0.3, 0.4) is 0 Å². The molecule has 2 atom stereocenters. The van der Waals surface area contributed by atoms with Gasteiger partial charge >= 0.3 is 5.97 Å². The number of aliphatic carboxylic acids is 1. The Morgan fingerprint density at radius 2 is 1.74 bits per heavy atom. The molecule has 47 heavy (non-hydrogen) atoms. The van der Waals surface area contributed by atoms with Crippen LogP contribution in [-0.2, 0) is 25.2 Å². The SMILES string of the molecule is C=CCC1(C)C(/C=C/C=C/CC2N(CCCCCC(=O)O)c3ccccc3C23CCCC3)=[N+](CCCCCOC=O)c2ccccc21. The number of nitrogens with zero attached hydrogens (tertiary/aromatic N) is 2. The third-order valence-electron chi connectivity index (χ3n) is 10.8. The molecule has 1 saturated carbocycles. The largest absolute Gasteiger partial charge is 0.481 e. The van der Waals surface area contributed by atoms with Crippen LogP contribution in [0, 0.1) is 0 Å². The topological polar surface area (TPSA) is 69.8 Å². The molecule has 0 amide bonds. The van der Waals surface area contributed by atoms with E-state index in [1.807, 2.05) is 6.08 Å². The lowest BCUT2D eigenvalue weighted by Crippen LogP contribution is -2.43. The number of carboxylic acids is 1. The second-order valence-corrected chi connectivity index (χ2v) is 13.7. The van der Waals surface area contributed by atoms with Gasteiger partial charge in [-0.05, 0) is 69.9 Å². The van der Waals surface area contributed by atoms with Crippen molar-refractivity contribution in [2.45, 2.75) is 107 Å². The molecular formula is C41H53N2O4+. The monoisotopic (exact) mass is 637 g/mol. The highest BCUT2D eigenvalue weighted by molar-refractivity contribution is 6.03. The van der Waals surface area contributed by atoms with E-state index in [2.05, 4.69) is 95.8 Å². The molecule has 0 saturated heterocycles. The summed E-state index contributed by atoms with van der Waals surface area (Å²) in [5.41, 5.74) is 6.87. The molecule has 0 bridgehead atoms. The van der Waals surface area contributed by atoms with E-state index in [0.717, 1.165) is 64.5 Å². The average molecular weight is 638 g/mol. The maximum absolute atomic E-state index is 11.0. The molecule has 5 rings (SSSR count). The number of hydrogen-bond donors (Lipinski definition) is 1. The van der Waals surface area contributed by atoms with E-state index in [0.29, 0.717) is 19.1 Å². The summed E-state index contributed by atoms with van der Waals surface area (Å²) in [6, 6.07) is 18.2. The number of carbonyl (C=O) groups excluding carboxylic acids is 1. The molecule has 6 heteroatoms. The van der Waals surface area contributed by atoms with Crippen LogP contribution in [0.25, 0.3) is 0 Å². The van der Waals surface area contributed by atoms with Crippen molar-refractivity contribution in [2.75, 3.05) is 24.6 Å². The van der Waals surface area contributed by atoms with Crippen LogP contribution in [0.1, 0.15) is 102 Å². The highest BCUT2D eigenvalue weighted by Gasteiger charge is 2.51. The zero-order valence-corrected chi connectivity index (χ0v) is 28.2. The Bertz CT molecular complexity index is 1480. The van der Waals surface area contributed by atoms with Crippen molar-refractivity contribution in [1.82, 2.24) is 0 Å². The van der Waals surface area contributed by atoms with Crippen molar-refractivity contribution in [3.63, 3.8) is 0 Å². The highest BCUT2D eigenvalue weighted by atomic mass is 16.5. The van der Waals surface area contributed by atoms with Crippen molar-refractivity contribution in [1.29, 1.82) is 0 Å². The molecule has 6 nitrogen and oxygen atoms in total. The Morgan fingerprint density at radius 1 is 1.00 bits per heavy atom. The number of allylic oxidation sites excluding steroid dienone is 4. The molecule has 2 heterocycles. The maximum atomic E-state index is 11.0. The van der Waals surface area contributed by atoms with Gasteiger partial charge in [0.05, 0.1) is 12.0 Å². The van der Waals surface area contributed by atoms with Gasteiger partial charge in [0.15, 0.2) is 5.71 Å². The van der Waals surface area contributed by atoms with Crippen molar-refractivity contribution in [3.8, 4) is 0 Å². The van der Waals surface area contributed by atoms with E-state index in [4.69, 9.17) is 9.84 Å². The fraction of sp³-hybridized carbons (Fsp3) is 0.488. The first-order chi connectivity index (χ1) is 23.0. The zero-order chi connectivity index (χ0) is 33.1. The Balaban J connectivity index is 1.35. The number of anilines is 1. The molecule has 0 radical (unpaired) electrons. The summed E-state index contributed by atoms with van der Waals surface area (Å²) in [4.78, 5) is 24.2. The summed E-state index contributed by atoms with van der Waals surface area (Å²) < 4.78 is 7.38. The van der Waals surface area contributed by atoms with Gasteiger partial charge in [0.25, 0.3) is 6.47 Å². The number of rotatable bonds is 19. The number of ether oxygens (including phenoxy) is 1. The summed E-state index contributed by atoms with van der Waals surface area (Å²) in [5, 5.41) is 9.09. The molecule has 1 spiro atoms. The lowest BCUT2D eigenvalue weighted by atomic mass is 9.74. The van der Waals surface area contributed by atoms with Crippen molar-refractivity contribution in [2.24, 2.45) is 0 Å². The number of carboxylic acid groups (broad SMARTS) is 1. The second kappa shape index (κ2) is 16.3. The standard InChI is InChI=1S/C41H52N2O4/c1-3-26-40(2)33-19-10-12-21-35(33)42(29-17-6-18-31-47-32-44)37(40)23-7-4-8-24-38-41(27-14-15-28-41)34-20-11-13-22-36(34)43(38)30-16-5-9-25-39(45)46/h3-4,7-8,10-13,19-23,32,38H,1,5-6,9,14-18,24-31H2,2H3/p+1/b8-4+,23-7+. The molecule has 2 aromatic rings. The van der Waals surface area contributed by atoms with E-state index in [1.165, 1.54) is 53.9 Å². The fourth-order valence-corrected chi connectivity index (χ4v) is 8.64. The minimum absolute atomic E-state index is 0.151. The van der Waals surface area contributed by atoms with E-state index >= 15 is 0 Å². The molecule has 3 aliphatic rings. The van der Waals surface area contributed by atoms with Crippen LogP contribution in [0.4, 0.5) is 11.4 Å². The Morgan fingerprint density at radius 3 is 2.51 bits per heavy atom. The van der Waals surface area contributed by atoms with Gasteiger partial charge in [-0.25, -0.2) is 0 Å². The summed E-state index contributed by atoms with van der Waals surface area (Å²) in [6.07, 6.45) is 23.9. The first kappa shape index (κ1) is 34.4. The third-order valence-corrected chi connectivity index (χ3v) is 10.8. The number of carbonyl (C=O) groups is 2. The first-order valence-electron chi connectivity index (χ1n) is 17.8. The molecule has 0 aromatic heterocycles. The smallest absolute Gasteiger partial charge is 0.303 e. The summed E-state index contributed by atoms with van der Waals surface area (Å²) in [5.74, 6) is -0.703. The number of fused-ring (bicyclic) bond motifs is 3. The fourth-order valence-electron chi connectivity index (χ4n) is 8.64. The van der Waals surface area contributed by atoms with Crippen LogP contribution >= 0.6 is 0 Å². The van der Waals surface area contributed by atoms with E-state index in [-0.39, 0.29) is 17.3 Å². The second-order valence-electron chi connectivity index (χ2n) is 13.7. The van der Waals surface area contributed by atoms with E-state index in [9.17, 15) is 9.59 Å². The Hall–Kier alpha value is -3.93. The Kier molecular flexibility index (Phi) is 11.9. The van der Waals surface area contributed by atoms with Gasteiger partial charge in [-0.15, -0.1) is 6.58 Å². The number of benzene rings is 2. The zero-order valence-electron chi connectivity index (χ0n) is 28.2. The molecule has 1 N–H and O–H groups in total. The van der Waals surface area contributed by atoms with Crippen LogP contribution in [-0.4, -0.2) is 53.6 Å². The van der Waals surface area contributed by atoms with E-state index in [1.54, 1.807) is 0 Å². The quantitative estimate of drug-likeness (QED) is 0.0548. The molecule has 1 aliphatic carbocycles. The predicted octanol–water partition coefficient (Wildman–Crippen LogP) is 8.81. The number of hydrogen-bond acceptors (Lipinski definition) is 4. The van der Waals surface area contributed by atoms with Gasteiger partial charge in [-0.2, -0.15) is 4.58 Å². The lowest BCUT2D eigenvalue weighted by molar-refractivity contribution is -0.438. The third kappa shape index (κ3) is 7.47. The van der Waals surface area contributed by atoms with Crippen LogP contribution in [0.5, 0.6) is 0 Å². The van der Waals surface area contributed by atoms with Gasteiger partial charge in [0.1, 0.15) is 6.54 Å². The van der Waals surface area contributed by atoms with Gasteiger partial charge < -0.3 is 14.7 Å². The number of unbranched alkanes of at least 4 members (excludes halogenated alkanes) is 4. The van der Waals surface area contributed by atoms with Gasteiger partial charge in [-0.3, -0.25) is 9.59 Å². The van der Waals surface area contributed by atoms with Gasteiger partial charge in [0, 0.05) is 54.2 Å². The maximum Gasteiger partial charge on any atom is 0.303 e. The summed E-state index contributed by atoms with van der Waals surface area (Å²) in [7, 11) is 0. The lowest BCUT2D eigenvalue weighted by Gasteiger charge is -2.36. The normalized spacial score (nSPS) is 21.2. The molecule has 250 valence electrons. The molecule has 2 unspecified atom stereocenters. The summed E-state index contributed by atoms with van der Waals surface area (Å²) >= 11 is 0. The molecule has 2 aromatic carbocycles. The van der Waals surface area contributed by atoms with Crippen LogP contribution in [0.15, 0.2) is 85.5 Å². The van der Waals surface area contributed by atoms with E-state index < -0.39 is 5.97 Å². The minimum Gasteiger partial charge on any atom is -0.481 e. The van der Waals surface area contributed by atoms with Gasteiger partial charge in [0.2, 0.25) is 5.69 Å². The molecule has 1 fully saturated rings. The molecular weight excluding hydrogens is 584 g/mol. The minimum atomic E-state index is -0.703. The molecule has 2 aliphatic heterocycles. The van der Waals surface area contributed by atoms with Crippen molar-refractivity contribution >= 4 is 29.5 Å². The van der Waals surface area contributed by atoms with Gasteiger partial charge in [-0.1, -0.05) is 80.0 Å². The number of para-hydroxylation sites is 2. The average Bonchev–Trinajstić information content (AvgIpc) is 3.72. The van der Waals surface area contributed by atoms with Crippen LogP contribution < -0.4 is 4.90 Å². The highest BCUT2D eigenvalue weighted by Crippen LogP contribution is 2.55.